The van der Waals surface area contributed by atoms with Gasteiger partial charge in [0.05, 0.1) is 6.61 Å². The predicted octanol–water partition coefficient (Wildman–Crippen LogP) is 4.04. The molecule has 1 saturated carbocycles. The van der Waals surface area contributed by atoms with Crippen molar-refractivity contribution in [1.82, 2.24) is 4.98 Å². The molecule has 112 valence electrons. The minimum absolute atomic E-state index is 0.0425. The number of ether oxygens (including phenoxy) is 1. The maximum absolute atomic E-state index is 9.37. The van der Waals surface area contributed by atoms with Gasteiger partial charge in [0.25, 0.3) is 0 Å². The lowest BCUT2D eigenvalue weighted by Crippen LogP contribution is -2.25. The molecule has 0 spiro atoms. The van der Waals surface area contributed by atoms with E-state index in [0.717, 1.165) is 30.0 Å². The summed E-state index contributed by atoms with van der Waals surface area (Å²) in [7, 11) is 0. The average Bonchev–Trinajstić information content (AvgIpc) is 2.47. The first-order valence-corrected chi connectivity index (χ1v) is 7.90. The van der Waals surface area contributed by atoms with E-state index in [2.05, 4.69) is 25.8 Å². The van der Waals surface area contributed by atoms with Gasteiger partial charge < -0.3 is 9.84 Å². The van der Waals surface area contributed by atoms with Crippen LogP contribution in [0.5, 0.6) is 5.88 Å². The van der Waals surface area contributed by atoms with Crippen molar-refractivity contribution in [3.63, 3.8) is 0 Å². The van der Waals surface area contributed by atoms with Crippen LogP contribution in [0.15, 0.2) is 12.1 Å². The molecule has 1 N–H and O–H groups in total. The monoisotopic (exact) mass is 277 g/mol. The third-order valence-electron chi connectivity index (χ3n) is 4.26. The molecule has 1 heterocycles. The molecule has 1 aromatic rings. The maximum atomic E-state index is 9.37. The quantitative estimate of drug-likeness (QED) is 0.883. The number of aliphatic hydroxyl groups is 1. The van der Waals surface area contributed by atoms with Crippen LogP contribution in [0.25, 0.3) is 0 Å². The van der Waals surface area contributed by atoms with Gasteiger partial charge in [-0.1, -0.05) is 33.6 Å². The topological polar surface area (TPSA) is 42.4 Å². The summed E-state index contributed by atoms with van der Waals surface area (Å²) in [5.41, 5.74) is 1.89. The second kappa shape index (κ2) is 7.07. The van der Waals surface area contributed by atoms with Crippen molar-refractivity contribution < 1.29 is 9.84 Å². The molecule has 1 aromatic heterocycles. The van der Waals surface area contributed by atoms with E-state index in [1.165, 1.54) is 19.3 Å². The SMILES string of the molecule is CCC1CCCC(Oc2cc(CO)cc(C(C)C)n2)C1. The lowest BCUT2D eigenvalue weighted by atomic mass is 9.85. The van der Waals surface area contributed by atoms with Gasteiger partial charge in [0.2, 0.25) is 5.88 Å². The average molecular weight is 277 g/mol. The summed E-state index contributed by atoms with van der Waals surface area (Å²) in [6.07, 6.45) is 6.37. The van der Waals surface area contributed by atoms with Crippen molar-refractivity contribution in [3.8, 4) is 5.88 Å². The van der Waals surface area contributed by atoms with E-state index in [0.29, 0.717) is 11.8 Å². The third kappa shape index (κ3) is 3.95. The zero-order chi connectivity index (χ0) is 14.5. The number of hydrogen-bond acceptors (Lipinski definition) is 3. The highest BCUT2D eigenvalue weighted by molar-refractivity contribution is 5.26. The van der Waals surface area contributed by atoms with Gasteiger partial charge >= 0.3 is 0 Å². The first-order chi connectivity index (χ1) is 9.62. The van der Waals surface area contributed by atoms with Crippen molar-refractivity contribution in [2.75, 3.05) is 0 Å². The van der Waals surface area contributed by atoms with E-state index < -0.39 is 0 Å². The minimum Gasteiger partial charge on any atom is -0.474 e. The first kappa shape index (κ1) is 15.3. The van der Waals surface area contributed by atoms with Crippen LogP contribution in [0.3, 0.4) is 0 Å². The lowest BCUT2D eigenvalue weighted by molar-refractivity contribution is 0.116. The molecule has 0 radical (unpaired) electrons. The number of nitrogens with zero attached hydrogens (tertiary/aromatic N) is 1. The predicted molar refractivity (Wildman–Crippen MR) is 80.9 cm³/mol. The fraction of sp³-hybridized carbons (Fsp3) is 0.706. The number of hydrogen-bond donors (Lipinski definition) is 1. The summed E-state index contributed by atoms with van der Waals surface area (Å²) < 4.78 is 6.10. The summed E-state index contributed by atoms with van der Waals surface area (Å²) in [6.45, 7) is 6.53. The van der Waals surface area contributed by atoms with Crippen LogP contribution in [0, 0.1) is 5.92 Å². The molecule has 0 saturated heterocycles. The normalized spacial score (nSPS) is 23.1. The summed E-state index contributed by atoms with van der Waals surface area (Å²) in [5.74, 6) is 1.82. The van der Waals surface area contributed by atoms with E-state index in [4.69, 9.17) is 4.74 Å². The number of aliphatic hydroxyl groups excluding tert-OH is 1. The molecule has 0 amide bonds. The second-order valence-electron chi connectivity index (χ2n) is 6.23. The summed E-state index contributed by atoms with van der Waals surface area (Å²) in [5, 5.41) is 9.37. The molecule has 0 aliphatic heterocycles. The third-order valence-corrected chi connectivity index (χ3v) is 4.26. The molecular weight excluding hydrogens is 250 g/mol. The smallest absolute Gasteiger partial charge is 0.214 e. The van der Waals surface area contributed by atoms with Gasteiger partial charge in [-0.25, -0.2) is 4.98 Å². The molecule has 1 fully saturated rings. The zero-order valence-electron chi connectivity index (χ0n) is 12.9. The molecule has 2 unspecified atom stereocenters. The van der Waals surface area contributed by atoms with Gasteiger partial charge in [-0.2, -0.15) is 0 Å². The molecule has 2 atom stereocenters. The van der Waals surface area contributed by atoms with E-state index in [9.17, 15) is 5.11 Å². The van der Waals surface area contributed by atoms with Crippen LogP contribution in [0.4, 0.5) is 0 Å². The van der Waals surface area contributed by atoms with Crippen LogP contribution in [-0.4, -0.2) is 16.2 Å². The molecule has 1 aliphatic rings. The van der Waals surface area contributed by atoms with Gasteiger partial charge in [0.1, 0.15) is 6.10 Å². The Morgan fingerprint density at radius 3 is 2.80 bits per heavy atom. The Labute approximate surface area is 122 Å². The lowest BCUT2D eigenvalue weighted by Gasteiger charge is -2.28. The first-order valence-electron chi connectivity index (χ1n) is 7.90. The Morgan fingerprint density at radius 2 is 2.15 bits per heavy atom. The molecule has 0 aromatic carbocycles. The van der Waals surface area contributed by atoms with Gasteiger partial charge in [0, 0.05) is 11.8 Å². The molecule has 3 nitrogen and oxygen atoms in total. The second-order valence-corrected chi connectivity index (χ2v) is 6.23. The Hall–Kier alpha value is -1.09. The maximum Gasteiger partial charge on any atom is 0.214 e. The molecule has 3 heteroatoms. The van der Waals surface area contributed by atoms with Gasteiger partial charge in [0.15, 0.2) is 0 Å². The fourth-order valence-corrected chi connectivity index (χ4v) is 2.92. The summed E-state index contributed by atoms with van der Waals surface area (Å²) in [6, 6.07) is 3.84. The highest BCUT2D eigenvalue weighted by Crippen LogP contribution is 2.30. The van der Waals surface area contributed by atoms with Gasteiger partial charge in [-0.05, 0) is 42.7 Å². The molecule has 0 bridgehead atoms. The minimum atomic E-state index is 0.0425. The molecule has 2 rings (SSSR count). The van der Waals surface area contributed by atoms with Gasteiger partial charge in [-0.3, -0.25) is 0 Å². The molecule has 20 heavy (non-hydrogen) atoms. The largest absolute Gasteiger partial charge is 0.474 e. The van der Waals surface area contributed by atoms with E-state index in [-0.39, 0.29) is 12.7 Å². The van der Waals surface area contributed by atoms with Crippen LogP contribution >= 0.6 is 0 Å². The summed E-state index contributed by atoms with van der Waals surface area (Å²) in [4.78, 5) is 4.59. The van der Waals surface area contributed by atoms with Crippen molar-refractivity contribution in [2.24, 2.45) is 5.92 Å². The van der Waals surface area contributed by atoms with Gasteiger partial charge in [-0.15, -0.1) is 0 Å². The number of pyridine rings is 1. The molecular formula is C17H27NO2. The van der Waals surface area contributed by atoms with Crippen molar-refractivity contribution in [1.29, 1.82) is 0 Å². The van der Waals surface area contributed by atoms with Crippen LogP contribution < -0.4 is 4.74 Å². The zero-order valence-corrected chi connectivity index (χ0v) is 12.9. The van der Waals surface area contributed by atoms with Crippen LogP contribution in [0.2, 0.25) is 0 Å². The van der Waals surface area contributed by atoms with Crippen LogP contribution in [0.1, 0.15) is 70.1 Å². The summed E-state index contributed by atoms with van der Waals surface area (Å²) >= 11 is 0. The number of rotatable bonds is 5. The highest BCUT2D eigenvalue weighted by Gasteiger charge is 2.22. The van der Waals surface area contributed by atoms with Crippen molar-refractivity contribution in [3.05, 3.63) is 23.4 Å². The Balaban J connectivity index is 2.09. The standard InChI is InChI=1S/C17H27NO2/c1-4-13-6-5-7-15(8-13)20-17-10-14(11-19)9-16(18-17)12(2)3/h9-10,12-13,15,19H,4-8,11H2,1-3H3. The van der Waals surface area contributed by atoms with Crippen molar-refractivity contribution in [2.45, 2.75) is 71.5 Å². The number of aromatic nitrogens is 1. The highest BCUT2D eigenvalue weighted by atomic mass is 16.5. The Morgan fingerprint density at radius 1 is 1.35 bits per heavy atom. The Kier molecular flexibility index (Phi) is 5.41. The fourth-order valence-electron chi connectivity index (χ4n) is 2.92. The molecule has 1 aliphatic carbocycles. The van der Waals surface area contributed by atoms with Crippen molar-refractivity contribution >= 4 is 0 Å². The van der Waals surface area contributed by atoms with E-state index in [1.54, 1.807) is 0 Å². The van der Waals surface area contributed by atoms with E-state index in [1.807, 2.05) is 12.1 Å². The Bertz CT molecular complexity index is 431. The van der Waals surface area contributed by atoms with E-state index >= 15 is 0 Å². The van der Waals surface area contributed by atoms with Crippen LogP contribution in [-0.2, 0) is 6.61 Å².